The van der Waals surface area contributed by atoms with Gasteiger partial charge in [0.2, 0.25) is 10.0 Å². The van der Waals surface area contributed by atoms with Crippen LogP contribution >= 0.6 is 11.6 Å². The van der Waals surface area contributed by atoms with E-state index in [1.54, 1.807) is 6.07 Å². The molecule has 1 N–H and O–H groups in total. The maximum Gasteiger partial charge on any atom is 0.262 e. The quantitative estimate of drug-likeness (QED) is 0.764. The van der Waals surface area contributed by atoms with E-state index in [1.165, 1.54) is 40.7 Å². The highest BCUT2D eigenvalue weighted by Crippen LogP contribution is 2.30. The summed E-state index contributed by atoms with van der Waals surface area (Å²) < 4.78 is 51.3. The van der Waals surface area contributed by atoms with E-state index < -0.39 is 28.4 Å². The molecule has 0 spiro atoms. The van der Waals surface area contributed by atoms with Crippen LogP contribution in [-0.4, -0.2) is 51.5 Å². The van der Waals surface area contributed by atoms with E-state index in [0.717, 1.165) is 0 Å². The maximum atomic E-state index is 13.6. The van der Waals surface area contributed by atoms with Crippen molar-refractivity contribution < 1.29 is 27.1 Å². The van der Waals surface area contributed by atoms with Crippen molar-refractivity contribution in [3.05, 3.63) is 53.3 Å². The molecule has 1 heterocycles. The summed E-state index contributed by atoms with van der Waals surface area (Å²) in [5, 5.41) is 2.59. The number of hydrogen-bond acceptors (Lipinski definition) is 5. The molecule has 1 aliphatic rings. The Hall–Kier alpha value is -2.20. The molecule has 28 heavy (non-hydrogen) atoms. The number of para-hydroxylation sites is 1. The predicted molar refractivity (Wildman–Crippen MR) is 102 cm³/mol. The van der Waals surface area contributed by atoms with Crippen molar-refractivity contribution in [3.63, 3.8) is 0 Å². The standard InChI is InChI=1S/C18H18ClFN2O5S/c19-13-5-6-16(17(11-13)28(24,25)22-7-9-26-10-8-22)27-12-18(23)21-15-4-2-1-3-14(15)20/h1-6,11H,7-10,12H2,(H,21,23). The van der Waals surface area contributed by atoms with Crippen LogP contribution in [0.3, 0.4) is 0 Å². The SMILES string of the molecule is O=C(COc1ccc(Cl)cc1S(=O)(=O)N1CCOCC1)Nc1ccccc1F. The third kappa shape index (κ3) is 4.79. The summed E-state index contributed by atoms with van der Waals surface area (Å²) in [7, 11) is -3.88. The van der Waals surface area contributed by atoms with Gasteiger partial charge < -0.3 is 14.8 Å². The van der Waals surface area contributed by atoms with Crippen molar-refractivity contribution in [2.45, 2.75) is 4.90 Å². The van der Waals surface area contributed by atoms with E-state index >= 15 is 0 Å². The van der Waals surface area contributed by atoms with Crippen LogP contribution in [0.4, 0.5) is 10.1 Å². The average Bonchev–Trinajstić information content (AvgIpc) is 2.69. The molecule has 0 unspecified atom stereocenters. The number of sulfonamides is 1. The molecule has 7 nitrogen and oxygen atoms in total. The molecule has 1 amide bonds. The van der Waals surface area contributed by atoms with Gasteiger partial charge in [0.05, 0.1) is 18.9 Å². The summed E-state index contributed by atoms with van der Waals surface area (Å²) in [4.78, 5) is 11.9. The van der Waals surface area contributed by atoms with E-state index in [4.69, 9.17) is 21.1 Å². The highest BCUT2D eigenvalue weighted by Gasteiger charge is 2.29. The molecule has 0 bridgehead atoms. The molecule has 2 aromatic carbocycles. The fourth-order valence-corrected chi connectivity index (χ4v) is 4.42. The molecule has 0 aliphatic carbocycles. The van der Waals surface area contributed by atoms with Gasteiger partial charge in [-0.2, -0.15) is 4.31 Å². The summed E-state index contributed by atoms with van der Waals surface area (Å²) >= 11 is 5.97. The zero-order valence-electron chi connectivity index (χ0n) is 14.7. The van der Waals surface area contributed by atoms with Crippen LogP contribution < -0.4 is 10.1 Å². The molecule has 0 atom stereocenters. The Balaban J connectivity index is 1.75. The fourth-order valence-electron chi connectivity index (χ4n) is 2.62. The molecule has 0 aromatic heterocycles. The predicted octanol–water partition coefficient (Wildman–Crippen LogP) is 2.52. The number of carbonyl (C=O) groups excluding carboxylic acids is 1. The molecule has 2 aromatic rings. The summed E-state index contributed by atoms with van der Waals surface area (Å²) in [6.45, 7) is 0.508. The first kappa shape index (κ1) is 20.5. The van der Waals surface area contributed by atoms with Gasteiger partial charge in [-0.3, -0.25) is 4.79 Å². The van der Waals surface area contributed by atoms with Crippen molar-refractivity contribution in [2.24, 2.45) is 0 Å². The van der Waals surface area contributed by atoms with E-state index in [9.17, 15) is 17.6 Å². The Morgan fingerprint density at radius 3 is 2.64 bits per heavy atom. The van der Waals surface area contributed by atoms with Crippen molar-refractivity contribution >= 4 is 33.2 Å². The molecular formula is C18H18ClFN2O5S. The molecule has 3 rings (SSSR count). The molecule has 0 radical (unpaired) electrons. The van der Waals surface area contributed by atoms with Gasteiger partial charge in [0.15, 0.2) is 6.61 Å². The van der Waals surface area contributed by atoms with Gasteiger partial charge in [0.25, 0.3) is 5.91 Å². The lowest BCUT2D eigenvalue weighted by atomic mass is 10.3. The first-order chi connectivity index (χ1) is 13.4. The number of benzene rings is 2. The van der Waals surface area contributed by atoms with E-state index in [2.05, 4.69) is 5.32 Å². The summed E-state index contributed by atoms with van der Waals surface area (Å²) in [5.41, 5.74) is 0.00775. The zero-order valence-corrected chi connectivity index (χ0v) is 16.3. The molecular weight excluding hydrogens is 411 g/mol. The molecule has 0 saturated carbocycles. The summed E-state index contributed by atoms with van der Waals surface area (Å²) in [5.74, 6) is -1.23. The Morgan fingerprint density at radius 2 is 1.93 bits per heavy atom. The van der Waals surface area contributed by atoms with Crippen LogP contribution in [0.5, 0.6) is 5.75 Å². The van der Waals surface area contributed by atoms with E-state index in [0.29, 0.717) is 13.2 Å². The molecule has 1 aliphatic heterocycles. The van der Waals surface area contributed by atoms with Crippen LogP contribution in [0.1, 0.15) is 0 Å². The van der Waals surface area contributed by atoms with Crippen LogP contribution in [-0.2, 0) is 19.6 Å². The number of halogens is 2. The number of nitrogens with zero attached hydrogens (tertiary/aromatic N) is 1. The number of carbonyl (C=O) groups is 1. The highest BCUT2D eigenvalue weighted by molar-refractivity contribution is 7.89. The molecule has 1 saturated heterocycles. The number of hydrogen-bond donors (Lipinski definition) is 1. The van der Waals surface area contributed by atoms with Crippen LogP contribution in [0, 0.1) is 5.82 Å². The minimum Gasteiger partial charge on any atom is -0.482 e. The van der Waals surface area contributed by atoms with Gasteiger partial charge in [0.1, 0.15) is 16.5 Å². The Kier molecular flexibility index (Phi) is 6.50. The van der Waals surface area contributed by atoms with Crippen molar-refractivity contribution in [3.8, 4) is 5.75 Å². The van der Waals surface area contributed by atoms with Crippen LogP contribution in [0.15, 0.2) is 47.4 Å². The topological polar surface area (TPSA) is 84.9 Å². The minimum absolute atomic E-state index is 0.00775. The van der Waals surface area contributed by atoms with Crippen LogP contribution in [0.2, 0.25) is 5.02 Å². The normalized spacial score (nSPS) is 15.2. The Labute approximate surface area is 167 Å². The van der Waals surface area contributed by atoms with Gasteiger partial charge in [-0.05, 0) is 30.3 Å². The second-order valence-corrected chi connectivity index (χ2v) is 8.27. The van der Waals surface area contributed by atoms with E-state index in [-0.39, 0.29) is 34.4 Å². The lowest BCUT2D eigenvalue weighted by Gasteiger charge is -2.26. The average molecular weight is 429 g/mol. The highest BCUT2D eigenvalue weighted by atomic mass is 35.5. The lowest BCUT2D eigenvalue weighted by Crippen LogP contribution is -2.40. The smallest absolute Gasteiger partial charge is 0.262 e. The number of anilines is 1. The minimum atomic E-state index is -3.88. The summed E-state index contributed by atoms with van der Waals surface area (Å²) in [6.07, 6.45) is 0. The number of nitrogens with one attached hydrogen (secondary N) is 1. The second-order valence-electron chi connectivity index (χ2n) is 5.92. The fraction of sp³-hybridized carbons (Fsp3) is 0.278. The van der Waals surface area contributed by atoms with Crippen molar-refractivity contribution in [1.29, 1.82) is 0 Å². The van der Waals surface area contributed by atoms with Gasteiger partial charge >= 0.3 is 0 Å². The van der Waals surface area contributed by atoms with Crippen molar-refractivity contribution in [2.75, 3.05) is 38.2 Å². The zero-order chi connectivity index (χ0) is 20.1. The first-order valence-electron chi connectivity index (χ1n) is 8.42. The Bertz CT molecular complexity index is 964. The number of amides is 1. The van der Waals surface area contributed by atoms with Gasteiger partial charge in [-0.25, -0.2) is 12.8 Å². The van der Waals surface area contributed by atoms with E-state index in [1.807, 2.05) is 0 Å². The van der Waals surface area contributed by atoms with Crippen molar-refractivity contribution in [1.82, 2.24) is 4.31 Å². The summed E-state index contributed by atoms with van der Waals surface area (Å²) in [6, 6.07) is 9.81. The third-order valence-electron chi connectivity index (χ3n) is 4.00. The van der Waals surface area contributed by atoms with Crippen LogP contribution in [0.25, 0.3) is 0 Å². The molecule has 150 valence electrons. The maximum absolute atomic E-state index is 13.6. The third-order valence-corrected chi connectivity index (χ3v) is 6.16. The Morgan fingerprint density at radius 1 is 1.21 bits per heavy atom. The number of morpholine rings is 1. The molecule has 1 fully saturated rings. The molecule has 10 heteroatoms. The first-order valence-corrected chi connectivity index (χ1v) is 10.2. The van der Waals surface area contributed by atoms with Gasteiger partial charge in [-0.1, -0.05) is 23.7 Å². The van der Waals surface area contributed by atoms with Gasteiger partial charge in [0, 0.05) is 18.1 Å². The number of ether oxygens (including phenoxy) is 2. The van der Waals surface area contributed by atoms with Gasteiger partial charge in [-0.15, -0.1) is 0 Å². The lowest BCUT2D eigenvalue weighted by molar-refractivity contribution is -0.118. The largest absolute Gasteiger partial charge is 0.482 e. The number of rotatable bonds is 6. The second kappa shape index (κ2) is 8.87. The monoisotopic (exact) mass is 428 g/mol.